The van der Waals surface area contributed by atoms with Gasteiger partial charge in [0.2, 0.25) is 0 Å². The van der Waals surface area contributed by atoms with Gasteiger partial charge < -0.3 is 5.32 Å². The Balaban J connectivity index is 1.73. The van der Waals surface area contributed by atoms with Crippen molar-refractivity contribution < 1.29 is 9.72 Å². The molecule has 0 radical (unpaired) electrons. The lowest BCUT2D eigenvalue weighted by atomic mass is 10.1. The highest BCUT2D eigenvalue weighted by Crippen LogP contribution is 2.18. The molecule has 0 aliphatic rings. The Morgan fingerprint density at radius 3 is 2.23 bits per heavy atom. The first kappa shape index (κ1) is 19.0. The van der Waals surface area contributed by atoms with Crippen molar-refractivity contribution in [3.8, 4) is 0 Å². The van der Waals surface area contributed by atoms with E-state index in [2.05, 4.69) is 10.4 Å². The number of amides is 1. The van der Waals surface area contributed by atoms with Gasteiger partial charge in [-0.05, 0) is 23.8 Å². The number of rotatable bonds is 5. The summed E-state index contributed by atoms with van der Waals surface area (Å²) in [5.74, 6) is -0.512. The van der Waals surface area contributed by atoms with Crippen molar-refractivity contribution in [2.45, 2.75) is 6.54 Å². The molecule has 1 aromatic heterocycles. The molecule has 3 aromatic carbocycles. The van der Waals surface area contributed by atoms with Crippen molar-refractivity contribution in [2.75, 3.05) is 5.32 Å². The Morgan fingerprint density at radius 1 is 0.933 bits per heavy atom. The molecule has 1 heterocycles. The van der Waals surface area contributed by atoms with Gasteiger partial charge in [-0.3, -0.25) is 19.7 Å². The minimum absolute atomic E-state index is 0.0759. The van der Waals surface area contributed by atoms with Gasteiger partial charge in [-0.25, -0.2) is 4.68 Å². The average Bonchev–Trinajstić information content (AvgIpc) is 2.77. The Bertz CT molecular complexity index is 1300. The van der Waals surface area contributed by atoms with Gasteiger partial charge in [0.15, 0.2) is 5.69 Å². The Kier molecular flexibility index (Phi) is 5.04. The van der Waals surface area contributed by atoms with Crippen LogP contribution in [-0.2, 0) is 6.54 Å². The molecular formula is C22H16N4O4. The van der Waals surface area contributed by atoms with Gasteiger partial charge >= 0.3 is 0 Å². The Labute approximate surface area is 170 Å². The third-order valence-electron chi connectivity index (χ3n) is 4.59. The number of hydrogen-bond donors (Lipinski definition) is 1. The third-order valence-corrected chi connectivity index (χ3v) is 4.59. The predicted octanol–water partition coefficient (Wildman–Crippen LogP) is 3.61. The summed E-state index contributed by atoms with van der Waals surface area (Å²) in [4.78, 5) is 36.1. The smallest absolute Gasteiger partial charge is 0.276 e. The van der Waals surface area contributed by atoms with Crippen LogP contribution in [0.25, 0.3) is 10.8 Å². The molecular weight excluding hydrogens is 384 g/mol. The van der Waals surface area contributed by atoms with E-state index in [1.165, 1.54) is 28.9 Å². The van der Waals surface area contributed by atoms with Crippen molar-refractivity contribution in [1.82, 2.24) is 9.78 Å². The molecule has 4 aromatic rings. The fraction of sp³-hybridized carbons (Fsp3) is 0.0455. The molecule has 30 heavy (non-hydrogen) atoms. The fourth-order valence-electron chi connectivity index (χ4n) is 3.12. The normalized spacial score (nSPS) is 10.7. The molecule has 0 saturated carbocycles. The standard InChI is InChI=1S/C22H16N4O4/c27-21(23-16-10-12-17(13-11-16)26(29)30)20-18-8-4-5-9-19(18)22(28)25(24-20)14-15-6-2-1-3-7-15/h1-13H,14H2,(H,23,27). The zero-order valence-electron chi connectivity index (χ0n) is 15.7. The van der Waals surface area contributed by atoms with Crippen LogP contribution in [0.5, 0.6) is 0 Å². The summed E-state index contributed by atoms with van der Waals surface area (Å²) in [6.07, 6.45) is 0. The maximum atomic E-state index is 12.9. The third kappa shape index (κ3) is 3.79. The van der Waals surface area contributed by atoms with Gasteiger partial charge in [-0.15, -0.1) is 0 Å². The molecule has 1 amide bonds. The molecule has 0 saturated heterocycles. The molecule has 0 aliphatic heterocycles. The lowest BCUT2D eigenvalue weighted by Crippen LogP contribution is -2.28. The number of fused-ring (bicyclic) bond motifs is 1. The minimum Gasteiger partial charge on any atom is -0.321 e. The maximum absolute atomic E-state index is 12.9. The van der Waals surface area contributed by atoms with E-state index in [9.17, 15) is 19.7 Å². The van der Waals surface area contributed by atoms with E-state index in [4.69, 9.17) is 0 Å². The van der Waals surface area contributed by atoms with Crippen molar-refractivity contribution in [3.63, 3.8) is 0 Å². The summed E-state index contributed by atoms with van der Waals surface area (Å²) in [7, 11) is 0. The lowest BCUT2D eigenvalue weighted by Gasteiger charge is -2.11. The molecule has 8 nitrogen and oxygen atoms in total. The van der Waals surface area contributed by atoms with Crippen molar-refractivity contribution in [3.05, 3.63) is 111 Å². The van der Waals surface area contributed by atoms with E-state index in [0.29, 0.717) is 16.5 Å². The number of hydrogen-bond acceptors (Lipinski definition) is 5. The fourth-order valence-corrected chi connectivity index (χ4v) is 3.12. The van der Waals surface area contributed by atoms with Crippen LogP contribution < -0.4 is 10.9 Å². The number of non-ortho nitro benzene ring substituents is 1. The molecule has 0 bridgehead atoms. The Morgan fingerprint density at radius 2 is 1.57 bits per heavy atom. The van der Waals surface area contributed by atoms with Crippen LogP contribution in [0.1, 0.15) is 16.1 Å². The number of anilines is 1. The highest BCUT2D eigenvalue weighted by Gasteiger charge is 2.17. The highest BCUT2D eigenvalue weighted by atomic mass is 16.6. The summed E-state index contributed by atoms with van der Waals surface area (Å²) in [6, 6.07) is 21.6. The van der Waals surface area contributed by atoms with Gasteiger partial charge in [0, 0.05) is 23.2 Å². The van der Waals surface area contributed by atoms with Crippen LogP contribution in [0, 0.1) is 10.1 Å². The number of carbonyl (C=O) groups is 1. The van der Waals surface area contributed by atoms with Crippen LogP contribution in [0.3, 0.4) is 0 Å². The first-order chi connectivity index (χ1) is 14.5. The SMILES string of the molecule is O=C(Nc1ccc([N+](=O)[O-])cc1)c1nn(Cc2ccccc2)c(=O)c2ccccc12. The van der Waals surface area contributed by atoms with Crippen molar-refractivity contribution >= 4 is 28.1 Å². The molecule has 8 heteroatoms. The summed E-state index contributed by atoms with van der Waals surface area (Å²) in [5, 5.41) is 18.6. The van der Waals surface area contributed by atoms with E-state index in [-0.39, 0.29) is 23.5 Å². The van der Waals surface area contributed by atoms with Gasteiger partial charge in [0.25, 0.3) is 17.2 Å². The molecule has 0 fully saturated rings. The van der Waals surface area contributed by atoms with Gasteiger partial charge in [-0.1, -0.05) is 48.5 Å². The molecule has 4 rings (SSSR count). The second-order valence-electron chi connectivity index (χ2n) is 6.60. The largest absolute Gasteiger partial charge is 0.321 e. The maximum Gasteiger partial charge on any atom is 0.276 e. The van der Waals surface area contributed by atoms with E-state index in [0.717, 1.165) is 5.56 Å². The topological polar surface area (TPSA) is 107 Å². The van der Waals surface area contributed by atoms with Crippen LogP contribution in [0.4, 0.5) is 11.4 Å². The predicted molar refractivity (Wildman–Crippen MR) is 113 cm³/mol. The molecule has 0 aliphatic carbocycles. The minimum atomic E-state index is -0.514. The van der Waals surface area contributed by atoms with E-state index in [1.807, 2.05) is 30.3 Å². The number of aromatic nitrogens is 2. The summed E-state index contributed by atoms with van der Waals surface area (Å²) < 4.78 is 1.27. The highest BCUT2D eigenvalue weighted by molar-refractivity contribution is 6.11. The van der Waals surface area contributed by atoms with Gasteiger partial charge in [0.05, 0.1) is 16.9 Å². The zero-order valence-corrected chi connectivity index (χ0v) is 15.7. The molecule has 0 spiro atoms. The summed E-state index contributed by atoms with van der Waals surface area (Å²) in [5.41, 5.74) is 0.996. The van der Waals surface area contributed by atoms with Crippen molar-refractivity contribution in [2.24, 2.45) is 0 Å². The van der Waals surface area contributed by atoms with Crippen LogP contribution in [0.2, 0.25) is 0 Å². The number of nitrogens with zero attached hydrogens (tertiary/aromatic N) is 3. The van der Waals surface area contributed by atoms with Gasteiger partial charge in [0.1, 0.15) is 0 Å². The molecule has 0 unspecified atom stereocenters. The molecule has 1 N–H and O–H groups in total. The number of nitro groups is 1. The second-order valence-corrected chi connectivity index (χ2v) is 6.60. The van der Waals surface area contributed by atoms with Crippen LogP contribution >= 0.6 is 0 Å². The van der Waals surface area contributed by atoms with Crippen molar-refractivity contribution in [1.29, 1.82) is 0 Å². The lowest BCUT2D eigenvalue weighted by molar-refractivity contribution is -0.384. The van der Waals surface area contributed by atoms with Gasteiger partial charge in [-0.2, -0.15) is 5.10 Å². The number of nitrogens with one attached hydrogen (secondary N) is 1. The molecule has 148 valence electrons. The first-order valence-corrected chi connectivity index (χ1v) is 9.12. The second kappa shape index (κ2) is 7.96. The zero-order chi connectivity index (χ0) is 21.1. The van der Waals surface area contributed by atoms with Crippen LogP contribution in [0.15, 0.2) is 83.7 Å². The average molecular weight is 400 g/mol. The van der Waals surface area contributed by atoms with Crippen LogP contribution in [-0.4, -0.2) is 20.6 Å². The van der Waals surface area contributed by atoms with E-state index < -0.39 is 10.8 Å². The van der Waals surface area contributed by atoms with E-state index >= 15 is 0 Å². The number of nitro benzene ring substituents is 1. The first-order valence-electron chi connectivity index (χ1n) is 9.12. The molecule has 0 atom stereocenters. The summed E-state index contributed by atoms with van der Waals surface area (Å²) in [6.45, 7) is 0.225. The van der Waals surface area contributed by atoms with E-state index in [1.54, 1.807) is 24.3 Å². The summed E-state index contributed by atoms with van der Waals surface area (Å²) >= 11 is 0. The monoisotopic (exact) mass is 400 g/mol. The quantitative estimate of drug-likeness (QED) is 0.407. The Hall–Kier alpha value is -4.33. The number of benzene rings is 3. The number of carbonyl (C=O) groups excluding carboxylic acids is 1.